The number of amides is 2. The lowest BCUT2D eigenvalue weighted by Crippen LogP contribution is -2.31. The molecule has 144 valence electrons. The molecule has 0 bridgehead atoms. The van der Waals surface area contributed by atoms with Crippen molar-refractivity contribution in [1.82, 2.24) is 4.90 Å². The smallest absolute Gasteiger partial charge is 0.262 e. The van der Waals surface area contributed by atoms with Gasteiger partial charge in [0, 0.05) is 18.8 Å². The lowest BCUT2D eigenvalue weighted by atomic mass is 10.1. The monoisotopic (exact) mass is 370 g/mol. The fourth-order valence-electron chi connectivity index (χ4n) is 2.65. The predicted octanol–water partition coefficient (Wildman–Crippen LogP) is 3.12. The van der Waals surface area contributed by atoms with Gasteiger partial charge in [0.15, 0.2) is 18.1 Å². The summed E-state index contributed by atoms with van der Waals surface area (Å²) in [5.41, 5.74) is 1.57. The Morgan fingerprint density at radius 3 is 2.19 bits per heavy atom. The summed E-state index contributed by atoms with van der Waals surface area (Å²) in [6.45, 7) is 5.22. The first-order chi connectivity index (χ1) is 13.1. The van der Waals surface area contributed by atoms with Gasteiger partial charge in [-0.15, -0.1) is 0 Å². The van der Waals surface area contributed by atoms with E-state index in [0.717, 1.165) is 5.56 Å². The first-order valence-corrected chi connectivity index (χ1v) is 8.99. The van der Waals surface area contributed by atoms with Crippen molar-refractivity contribution in [3.05, 3.63) is 54.1 Å². The summed E-state index contributed by atoms with van der Waals surface area (Å²) in [7, 11) is 1.55. The minimum Gasteiger partial charge on any atom is -0.493 e. The van der Waals surface area contributed by atoms with E-state index in [0.29, 0.717) is 36.7 Å². The molecule has 0 saturated carbocycles. The largest absolute Gasteiger partial charge is 0.493 e. The number of hydrogen-bond donors (Lipinski definition) is 1. The zero-order valence-electron chi connectivity index (χ0n) is 16.0. The zero-order chi connectivity index (χ0) is 19.6. The fourth-order valence-corrected chi connectivity index (χ4v) is 2.65. The molecule has 0 aliphatic heterocycles. The van der Waals surface area contributed by atoms with Crippen LogP contribution >= 0.6 is 0 Å². The highest BCUT2D eigenvalue weighted by Gasteiger charge is 2.11. The maximum absolute atomic E-state index is 12.1. The molecule has 0 saturated heterocycles. The third-order valence-corrected chi connectivity index (χ3v) is 4.14. The topological polar surface area (TPSA) is 67.9 Å². The van der Waals surface area contributed by atoms with E-state index in [1.54, 1.807) is 36.3 Å². The Balaban J connectivity index is 1.86. The van der Waals surface area contributed by atoms with Gasteiger partial charge in [-0.1, -0.05) is 24.3 Å². The molecule has 2 amide bonds. The summed E-state index contributed by atoms with van der Waals surface area (Å²) in [6.07, 6.45) is 0.354. The highest BCUT2D eigenvalue weighted by atomic mass is 16.5. The Morgan fingerprint density at radius 1 is 0.963 bits per heavy atom. The van der Waals surface area contributed by atoms with Crippen molar-refractivity contribution >= 4 is 17.5 Å². The van der Waals surface area contributed by atoms with Crippen molar-refractivity contribution in [2.24, 2.45) is 0 Å². The third kappa shape index (κ3) is 6.02. The van der Waals surface area contributed by atoms with E-state index < -0.39 is 0 Å². The number of hydrogen-bond acceptors (Lipinski definition) is 4. The Hall–Kier alpha value is -3.02. The molecule has 2 aromatic rings. The van der Waals surface area contributed by atoms with Crippen LogP contribution in [0.2, 0.25) is 0 Å². The van der Waals surface area contributed by atoms with E-state index in [1.807, 2.05) is 38.1 Å². The van der Waals surface area contributed by atoms with Gasteiger partial charge in [0.25, 0.3) is 5.91 Å². The fraction of sp³-hybridized carbons (Fsp3) is 0.333. The minimum atomic E-state index is -0.270. The van der Waals surface area contributed by atoms with Crippen molar-refractivity contribution in [1.29, 1.82) is 0 Å². The molecule has 0 unspecified atom stereocenters. The number of carbonyl (C=O) groups is 2. The number of anilines is 1. The van der Waals surface area contributed by atoms with E-state index in [9.17, 15) is 9.59 Å². The molecule has 1 N–H and O–H groups in total. The molecule has 6 nitrogen and oxygen atoms in total. The number of benzene rings is 2. The summed E-state index contributed by atoms with van der Waals surface area (Å²) < 4.78 is 10.7. The standard InChI is InChI=1S/C21H26N2O4/c1-4-23(5-2)21(25)14-16-10-12-17(13-11-16)22-20(24)15-27-19-9-7-6-8-18(19)26-3/h6-13H,4-5,14-15H2,1-3H3,(H,22,24). The zero-order valence-corrected chi connectivity index (χ0v) is 16.0. The maximum Gasteiger partial charge on any atom is 0.262 e. The summed E-state index contributed by atoms with van der Waals surface area (Å²) in [4.78, 5) is 26.0. The van der Waals surface area contributed by atoms with Crippen LogP contribution in [0.1, 0.15) is 19.4 Å². The van der Waals surface area contributed by atoms with Crippen LogP contribution in [-0.2, 0) is 16.0 Å². The van der Waals surface area contributed by atoms with Crippen LogP contribution in [0.3, 0.4) is 0 Å². The number of nitrogens with zero attached hydrogens (tertiary/aromatic N) is 1. The van der Waals surface area contributed by atoms with Crippen LogP contribution in [0.25, 0.3) is 0 Å². The quantitative estimate of drug-likeness (QED) is 0.736. The van der Waals surface area contributed by atoms with E-state index in [1.165, 1.54) is 0 Å². The normalized spacial score (nSPS) is 10.2. The molecule has 2 rings (SSSR count). The molecule has 2 aromatic carbocycles. The molecule has 27 heavy (non-hydrogen) atoms. The summed E-state index contributed by atoms with van der Waals surface area (Å²) >= 11 is 0. The molecular weight excluding hydrogens is 344 g/mol. The molecule has 0 heterocycles. The van der Waals surface area contributed by atoms with Gasteiger partial charge in [0.1, 0.15) is 0 Å². The SMILES string of the molecule is CCN(CC)C(=O)Cc1ccc(NC(=O)COc2ccccc2OC)cc1. The van der Waals surface area contributed by atoms with E-state index in [4.69, 9.17) is 9.47 Å². The van der Waals surface area contributed by atoms with Crippen LogP contribution in [0.15, 0.2) is 48.5 Å². The second-order valence-corrected chi connectivity index (χ2v) is 5.93. The van der Waals surface area contributed by atoms with Crippen LogP contribution < -0.4 is 14.8 Å². The third-order valence-electron chi connectivity index (χ3n) is 4.14. The number of likely N-dealkylation sites (N-methyl/N-ethyl adjacent to an activating group) is 1. The highest BCUT2D eigenvalue weighted by molar-refractivity contribution is 5.92. The van der Waals surface area contributed by atoms with Gasteiger partial charge in [-0.3, -0.25) is 9.59 Å². The lowest BCUT2D eigenvalue weighted by Gasteiger charge is -2.18. The number of methoxy groups -OCH3 is 1. The van der Waals surface area contributed by atoms with Gasteiger partial charge in [-0.05, 0) is 43.7 Å². The van der Waals surface area contributed by atoms with Crippen molar-refractivity contribution < 1.29 is 19.1 Å². The first-order valence-electron chi connectivity index (χ1n) is 8.99. The average molecular weight is 370 g/mol. The van der Waals surface area contributed by atoms with E-state index >= 15 is 0 Å². The Bertz CT molecular complexity index is 755. The van der Waals surface area contributed by atoms with Crippen molar-refractivity contribution in [3.8, 4) is 11.5 Å². The summed E-state index contributed by atoms with van der Waals surface area (Å²) in [6, 6.07) is 14.4. The number of ether oxygens (including phenoxy) is 2. The summed E-state index contributed by atoms with van der Waals surface area (Å²) in [5, 5.41) is 2.78. The highest BCUT2D eigenvalue weighted by Crippen LogP contribution is 2.25. The van der Waals surface area contributed by atoms with Gasteiger partial charge in [-0.2, -0.15) is 0 Å². The summed E-state index contributed by atoms with van der Waals surface area (Å²) in [5.74, 6) is 0.919. The van der Waals surface area contributed by atoms with Crippen LogP contribution in [0, 0.1) is 0 Å². The van der Waals surface area contributed by atoms with Crippen LogP contribution in [-0.4, -0.2) is 43.5 Å². The lowest BCUT2D eigenvalue weighted by molar-refractivity contribution is -0.130. The molecule has 0 aliphatic rings. The number of nitrogens with one attached hydrogen (secondary N) is 1. The van der Waals surface area contributed by atoms with Crippen molar-refractivity contribution in [3.63, 3.8) is 0 Å². The van der Waals surface area contributed by atoms with Crippen molar-refractivity contribution in [2.75, 3.05) is 32.1 Å². The van der Waals surface area contributed by atoms with E-state index in [2.05, 4.69) is 5.32 Å². The van der Waals surface area contributed by atoms with Gasteiger partial charge in [0.05, 0.1) is 13.5 Å². The van der Waals surface area contributed by atoms with Crippen LogP contribution in [0.5, 0.6) is 11.5 Å². The molecule has 0 radical (unpaired) electrons. The molecule has 0 fully saturated rings. The molecule has 6 heteroatoms. The minimum absolute atomic E-state index is 0.0991. The van der Waals surface area contributed by atoms with Gasteiger partial charge < -0.3 is 19.7 Å². The Morgan fingerprint density at radius 2 is 1.59 bits per heavy atom. The Labute approximate surface area is 160 Å². The average Bonchev–Trinajstić information content (AvgIpc) is 2.69. The first kappa shape index (κ1) is 20.3. The second-order valence-electron chi connectivity index (χ2n) is 5.93. The molecular formula is C21H26N2O4. The van der Waals surface area contributed by atoms with Crippen molar-refractivity contribution in [2.45, 2.75) is 20.3 Å². The molecule has 0 aromatic heterocycles. The molecule has 0 aliphatic carbocycles. The number of para-hydroxylation sites is 2. The van der Waals surface area contributed by atoms with Crippen LogP contribution in [0.4, 0.5) is 5.69 Å². The van der Waals surface area contributed by atoms with E-state index in [-0.39, 0.29) is 18.4 Å². The Kier molecular flexibility index (Phi) is 7.67. The maximum atomic E-state index is 12.1. The van der Waals surface area contributed by atoms with Gasteiger partial charge >= 0.3 is 0 Å². The van der Waals surface area contributed by atoms with Gasteiger partial charge in [0.2, 0.25) is 5.91 Å². The molecule has 0 atom stereocenters. The van der Waals surface area contributed by atoms with Gasteiger partial charge in [-0.25, -0.2) is 0 Å². The number of carbonyl (C=O) groups excluding carboxylic acids is 2. The predicted molar refractivity (Wildman–Crippen MR) is 105 cm³/mol. The molecule has 0 spiro atoms. The number of rotatable bonds is 9. The second kappa shape index (κ2) is 10.2.